The standard InChI is InChI=1S/C11H8F3N3O2/c1-19-11(18)10-15-9(16-17-10)4-6-7(13)2-5(12)3-8(6)14/h2-3H,4H2,1H3,(H,15,16,17). The number of hydrogen-bond donors (Lipinski definition) is 1. The molecule has 0 spiro atoms. The third-order valence-electron chi connectivity index (χ3n) is 2.35. The molecule has 1 aromatic carbocycles. The van der Waals surface area contributed by atoms with Gasteiger partial charge in [-0.15, -0.1) is 5.10 Å². The van der Waals surface area contributed by atoms with Crippen molar-refractivity contribution >= 4 is 5.97 Å². The molecule has 1 heterocycles. The van der Waals surface area contributed by atoms with Crippen molar-refractivity contribution < 1.29 is 22.7 Å². The predicted octanol–water partition coefficient (Wildman–Crippen LogP) is 1.60. The van der Waals surface area contributed by atoms with Crippen molar-refractivity contribution in [3.8, 4) is 0 Å². The average molecular weight is 271 g/mol. The minimum absolute atomic E-state index is 0.0600. The smallest absolute Gasteiger partial charge is 0.377 e. The van der Waals surface area contributed by atoms with Crippen molar-refractivity contribution in [1.29, 1.82) is 0 Å². The Labute approximate surface area is 105 Å². The quantitative estimate of drug-likeness (QED) is 0.861. The lowest BCUT2D eigenvalue weighted by molar-refractivity contribution is 0.0587. The molecule has 5 nitrogen and oxygen atoms in total. The largest absolute Gasteiger partial charge is 0.463 e. The number of H-pyrrole nitrogens is 1. The van der Waals surface area contributed by atoms with Crippen LogP contribution in [-0.4, -0.2) is 28.3 Å². The minimum Gasteiger partial charge on any atom is -0.463 e. The molecule has 0 saturated heterocycles. The summed E-state index contributed by atoms with van der Waals surface area (Å²) in [6, 6.07) is 1.13. The number of methoxy groups -OCH3 is 1. The molecule has 19 heavy (non-hydrogen) atoms. The number of rotatable bonds is 3. The summed E-state index contributed by atoms with van der Waals surface area (Å²) in [5.41, 5.74) is -0.367. The number of benzene rings is 1. The highest BCUT2D eigenvalue weighted by Crippen LogP contribution is 2.17. The number of carbonyl (C=O) groups is 1. The fourth-order valence-electron chi connectivity index (χ4n) is 1.47. The topological polar surface area (TPSA) is 67.9 Å². The molecule has 0 aliphatic heterocycles. The van der Waals surface area contributed by atoms with E-state index in [1.54, 1.807) is 0 Å². The SMILES string of the molecule is COC(=O)c1n[nH]c(Cc2c(F)cc(F)cc2F)n1. The van der Waals surface area contributed by atoms with E-state index in [-0.39, 0.29) is 23.6 Å². The Balaban J connectivity index is 2.27. The second-order valence-corrected chi connectivity index (χ2v) is 3.62. The molecule has 1 aromatic heterocycles. The molecule has 0 radical (unpaired) electrons. The van der Waals surface area contributed by atoms with E-state index in [1.165, 1.54) is 0 Å². The van der Waals surface area contributed by atoms with Gasteiger partial charge in [-0.05, 0) is 0 Å². The Morgan fingerprint density at radius 2 is 1.95 bits per heavy atom. The summed E-state index contributed by atoms with van der Waals surface area (Å²) < 4.78 is 43.9. The Bertz CT molecular complexity index is 604. The van der Waals surface area contributed by atoms with Crippen LogP contribution in [0.15, 0.2) is 12.1 Å². The van der Waals surface area contributed by atoms with E-state index in [2.05, 4.69) is 19.9 Å². The van der Waals surface area contributed by atoms with Gasteiger partial charge in [0.2, 0.25) is 0 Å². The number of esters is 1. The molecule has 2 aromatic rings. The van der Waals surface area contributed by atoms with E-state index >= 15 is 0 Å². The van der Waals surface area contributed by atoms with Crippen LogP contribution in [0.3, 0.4) is 0 Å². The summed E-state index contributed by atoms with van der Waals surface area (Å²) in [7, 11) is 1.15. The fourth-order valence-corrected chi connectivity index (χ4v) is 1.47. The third kappa shape index (κ3) is 2.72. The molecule has 0 amide bonds. The maximum atomic E-state index is 13.4. The third-order valence-corrected chi connectivity index (χ3v) is 2.35. The van der Waals surface area contributed by atoms with E-state index in [0.717, 1.165) is 7.11 Å². The first kappa shape index (κ1) is 13.1. The summed E-state index contributed by atoms with van der Waals surface area (Å²) in [5.74, 6) is -4.04. The van der Waals surface area contributed by atoms with Crippen LogP contribution >= 0.6 is 0 Å². The first-order chi connectivity index (χ1) is 9.01. The van der Waals surface area contributed by atoms with E-state index in [9.17, 15) is 18.0 Å². The molecule has 0 bridgehead atoms. The number of aromatic amines is 1. The predicted molar refractivity (Wildman–Crippen MR) is 56.8 cm³/mol. The van der Waals surface area contributed by atoms with Crippen molar-refractivity contribution in [2.45, 2.75) is 6.42 Å². The van der Waals surface area contributed by atoms with Crippen LogP contribution in [-0.2, 0) is 11.2 Å². The van der Waals surface area contributed by atoms with Crippen molar-refractivity contribution in [2.24, 2.45) is 0 Å². The number of ether oxygens (including phenoxy) is 1. The van der Waals surface area contributed by atoms with Gasteiger partial charge in [-0.1, -0.05) is 0 Å². The van der Waals surface area contributed by atoms with Gasteiger partial charge in [-0.25, -0.2) is 22.9 Å². The Morgan fingerprint density at radius 3 is 2.53 bits per heavy atom. The van der Waals surface area contributed by atoms with Gasteiger partial charge >= 0.3 is 5.97 Å². The van der Waals surface area contributed by atoms with E-state index < -0.39 is 23.4 Å². The van der Waals surface area contributed by atoms with Crippen LogP contribution in [0, 0.1) is 17.5 Å². The van der Waals surface area contributed by atoms with Gasteiger partial charge in [-0.3, -0.25) is 5.10 Å². The molecule has 0 fully saturated rings. The van der Waals surface area contributed by atoms with Crippen molar-refractivity contribution in [3.05, 3.63) is 46.8 Å². The number of nitrogens with one attached hydrogen (secondary N) is 1. The summed E-state index contributed by atoms with van der Waals surface area (Å²) in [5, 5.41) is 5.88. The summed E-state index contributed by atoms with van der Waals surface area (Å²) in [4.78, 5) is 14.8. The molecular formula is C11H8F3N3O2. The van der Waals surface area contributed by atoms with Crippen molar-refractivity contribution in [1.82, 2.24) is 15.2 Å². The van der Waals surface area contributed by atoms with Crippen molar-refractivity contribution in [3.63, 3.8) is 0 Å². The zero-order chi connectivity index (χ0) is 14.0. The zero-order valence-electron chi connectivity index (χ0n) is 9.71. The Morgan fingerprint density at radius 1 is 1.32 bits per heavy atom. The van der Waals surface area contributed by atoms with Crippen LogP contribution in [0.2, 0.25) is 0 Å². The Hall–Kier alpha value is -2.38. The molecule has 0 aliphatic rings. The maximum Gasteiger partial charge on any atom is 0.377 e. The zero-order valence-corrected chi connectivity index (χ0v) is 9.71. The Kier molecular flexibility index (Phi) is 3.50. The number of nitrogens with zero attached hydrogens (tertiary/aromatic N) is 2. The number of hydrogen-bond acceptors (Lipinski definition) is 4. The maximum absolute atomic E-state index is 13.4. The number of aromatic nitrogens is 3. The van der Waals surface area contributed by atoms with Gasteiger partial charge in [0.05, 0.1) is 7.11 Å². The lowest BCUT2D eigenvalue weighted by atomic mass is 10.1. The highest BCUT2D eigenvalue weighted by atomic mass is 19.1. The van der Waals surface area contributed by atoms with Crippen LogP contribution in [0.5, 0.6) is 0 Å². The second kappa shape index (κ2) is 5.09. The first-order valence-electron chi connectivity index (χ1n) is 5.14. The van der Waals surface area contributed by atoms with Gasteiger partial charge in [0.25, 0.3) is 5.82 Å². The molecule has 0 aliphatic carbocycles. The van der Waals surface area contributed by atoms with Gasteiger partial charge in [0.1, 0.15) is 23.3 Å². The monoisotopic (exact) mass is 271 g/mol. The molecule has 1 N–H and O–H groups in total. The molecule has 100 valence electrons. The average Bonchev–Trinajstić information content (AvgIpc) is 2.81. The second-order valence-electron chi connectivity index (χ2n) is 3.62. The number of halogens is 3. The van der Waals surface area contributed by atoms with Crippen LogP contribution < -0.4 is 0 Å². The van der Waals surface area contributed by atoms with Gasteiger partial charge in [0, 0.05) is 24.1 Å². The fraction of sp³-hybridized carbons (Fsp3) is 0.182. The van der Waals surface area contributed by atoms with E-state index in [4.69, 9.17) is 0 Å². The summed E-state index contributed by atoms with van der Waals surface area (Å²) >= 11 is 0. The minimum atomic E-state index is -1.03. The lowest BCUT2D eigenvalue weighted by Gasteiger charge is -2.02. The van der Waals surface area contributed by atoms with E-state index in [0.29, 0.717) is 12.1 Å². The van der Waals surface area contributed by atoms with Crippen LogP contribution in [0.4, 0.5) is 13.2 Å². The summed E-state index contributed by atoms with van der Waals surface area (Å²) in [6.07, 6.45) is -0.290. The highest BCUT2D eigenvalue weighted by Gasteiger charge is 2.16. The normalized spacial score (nSPS) is 10.5. The molecule has 0 saturated carbocycles. The van der Waals surface area contributed by atoms with Gasteiger partial charge in [0.15, 0.2) is 0 Å². The highest BCUT2D eigenvalue weighted by molar-refractivity contribution is 5.84. The number of carbonyl (C=O) groups excluding carboxylic acids is 1. The van der Waals surface area contributed by atoms with Gasteiger partial charge < -0.3 is 4.74 Å². The molecule has 2 rings (SSSR count). The van der Waals surface area contributed by atoms with E-state index in [1.807, 2.05) is 0 Å². The van der Waals surface area contributed by atoms with Crippen molar-refractivity contribution in [2.75, 3.05) is 7.11 Å². The van der Waals surface area contributed by atoms with Gasteiger partial charge in [-0.2, -0.15) is 0 Å². The molecule has 0 atom stereocenters. The molecule has 0 unspecified atom stereocenters. The first-order valence-corrected chi connectivity index (χ1v) is 5.14. The lowest BCUT2D eigenvalue weighted by Crippen LogP contribution is -2.04. The molecular weight excluding hydrogens is 263 g/mol. The summed E-state index contributed by atoms with van der Waals surface area (Å²) in [6.45, 7) is 0. The van der Waals surface area contributed by atoms with Crippen LogP contribution in [0.1, 0.15) is 22.0 Å². The molecule has 8 heteroatoms. The van der Waals surface area contributed by atoms with Crippen LogP contribution in [0.25, 0.3) is 0 Å².